The minimum absolute atomic E-state index is 0.215. The number of nitrogens with one attached hydrogen (secondary N) is 1. The number of hydrogen-bond acceptors (Lipinski definition) is 3. The van der Waals surface area contributed by atoms with Crippen molar-refractivity contribution in [2.24, 2.45) is 0 Å². The van der Waals surface area contributed by atoms with Crippen molar-refractivity contribution in [1.82, 2.24) is 10.2 Å². The molecule has 0 bridgehead atoms. The number of benzene rings is 1. The topological polar surface area (TPSA) is 57.9 Å². The zero-order valence-corrected chi connectivity index (χ0v) is 9.99. The first-order valence-electron chi connectivity index (χ1n) is 6.10. The van der Waals surface area contributed by atoms with E-state index in [2.05, 4.69) is 15.1 Å². The van der Waals surface area contributed by atoms with Crippen LogP contribution in [0.5, 0.6) is 0 Å². The molecule has 1 aromatic carbocycles. The number of halogens is 1. The largest absolute Gasteiger partial charge is 0.382 e. The molecule has 18 heavy (non-hydrogen) atoms. The number of nitrogen functional groups attached to an aromatic ring is 1. The predicted octanol–water partition coefficient (Wildman–Crippen LogP) is 2.40. The summed E-state index contributed by atoms with van der Waals surface area (Å²) < 4.78 is 13.4. The van der Waals surface area contributed by atoms with Crippen molar-refractivity contribution in [3.63, 3.8) is 0 Å². The summed E-state index contributed by atoms with van der Waals surface area (Å²) in [4.78, 5) is 2.20. The van der Waals surface area contributed by atoms with Crippen LogP contribution in [0.25, 0.3) is 11.3 Å². The number of nitrogens with zero attached hydrogens (tertiary/aromatic N) is 2. The minimum atomic E-state index is -0.215. The molecule has 3 rings (SSSR count). The lowest BCUT2D eigenvalue weighted by molar-refractivity contribution is 0.627. The molecule has 2 heterocycles. The first kappa shape index (κ1) is 11.1. The summed E-state index contributed by atoms with van der Waals surface area (Å²) in [6.07, 6.45) is 2.31. The molecule has 0 saturated carbocycles. The molecule has 1 aliphatic rings. The minimum Gasteiger partial charge on any atom is -0.382 e. The highest BCUT2D eigenvalue weighted by Gasteiger charge is 2.18. The number of aromatic nitrogens is 2. The van der Waals surface area contributed by atoms with Gasteiger partial charge < -0.3 is 10.6 Å². The molecular formula is C13H15FN4. The second-order valence-electron chi connectivity index (χ2n) is 4.56. The smallest absolute Gasteiger partial charge is 0.145 e. The lowest BCUT2D eigenvalue weighted by atomic mass is 10.1. The van der Waals surface area contributed by atoms with Gasteiger partial charge in [-0.3, -0.25) is 5.10 Å². The molecule has 0 radical (unpaired) electrons. The highest BCUT2D eigenvalue weighted by atomic mass is 19.1. The fraction of sp³-hybridized carbons (Fsp3) is 0.308. The van der Waals surface area contributed by atoms with Gasteiger partial charge in [-0.1, -0.05) is 0 Å². The highest BCUT2D eigenvalue weighted by molar-refractivity contribution is 5.77. The van der Waals surface area contributed by atoms with Crippen LogP contribution in [0.15, 0.2) is 24.3 Å². The van der Waals surface area contributed by atoms with E-state index in [1.807, 2.05) is 0 Å². The van der Waals surface area contributed by atoms with Gasteiger partial charge in [-0.05, 0) is 31.0 Å². The van der Waals surface area contributed by atoms with Crippen molar-refractivity contribution in [3.8, 4) is 11.3 Å². The van der Waals surface area contributed by atoms with Gasteiger partial charge in [0, 0.05) is 30.4 Å². The summed E-state index contributed by atoms with van der Waals surface area (Å²) in [6.45, 7) is 1.94. The Balaban J connectivity index is 2.07. The van der Waals surface area contributed by atoms with Crippen LogP contribution in [-0.2, 0) is 0 Å². The van der Waals surface area contributed by atoms with E-state index < -0.39 is 0 Å². The lowest BCUT2D eigenvalue weighted by Gasteiger charge is -2.20. The maximum Gasteiger partial charge on any atom is 0.145 e. The molecule has 2 aromatic rings. The van der Waals surface area contributed by atoms with Gasteiger partial charge in [0.1, 0.15) is 11.6 Å². The number of H-pyrrole nitrogens is 1. The fourth-order valence-corrected chi connectivity index (χ4v) is 2.43. The van der Waals surface area contributed by atoms with E-state index in [0.717, 1.165) is 42.9 Å². The van der Waals surface area contributed by atoms with Crippen LogP contribution in [0.3, 0.4) is 0 Å². The quantitative estimate of drug-likeness (QED) is 0.855. The summed E-state index contributed by atoms with van der Waals surface area (Å²) in [6, 6.07) is 6.59. The second-order valence-corrected chi connectivity index (χ2v) is 4.56. The van der Waals surface area contributed by atoms with Crippen molar-refractivity contribution < 1.29 is 4.39 Å². The van der Waals surface area contributed by atoms with Gasteiger partial charge in [-0.25, -0.2) is 4.39 Å². The molecule has 3 N–H and O–H groups in total. The van der Waals surface area contributed by atoms with E-state index in [9.17, 15) is 4.39 Å². The van der Waals surface area contributed by atoms with E-state index in [1.165, 1.54) is 6.07 Å². The Morgan fingerprint density at radius 3 is 2.67 bits per heavy atom. The van der Waals surface area contributed by atoms with Crippen LogP contribution in [0, 0.1) is 5.82 Å². The Morgan fingerprint density at radius 1 is 1.22 bits per heavy atom. The third kappa shape index (κ3) is 1.92. The van der Waals surface area contributed by atoms with E-state index in [4.69, 9.17) is 5.73 Å². The standard InChI is InChI=1S/C13H15FN4/c14-9-3-4-10(11-8-13(15)17-16-11)12(7-9)18-5-1-2-6-18/h3-4,7-8H,1-2,5-6H2,(H3,15,16,17). The van der Waals surface area contributed by atoms with Crippen LogP contribution < -0.4 is 10.6 Å². The van der Waals surface area contributed by atoms with E-state index >= 15 is 0 Å². The predicted molar refractivity (Wildman–Crippen MR) is 69.8 cm³/mol. The molecule has 0 amide bonds. The summed E-state index contributed by atoms with van der Waals surface area (Å²) >= 11 is 0. The van der Waals surface area contributed by atoms with Crippen LogP contribution in [0.2, 0.25) is 0 Å². The molecule has 1 aromatic heterocycles. The molecule has 4 nitrogen and oxygen atoms in total. The van der Waals surface area contributed by atoms with Gasteiger partial charge in [0.25, 0.3) is 0 Å². The zero-order chi connectivity index (χ0) is 12.5. The molecule has 0 atom stereocenters. The van der Waals surface area contributed by atoms with Gasteiger partial charge in [0.15, 0.2) is 0 Å². The number of aromatic amines is 1. The van der Waals surface area contributed by atoms with E-state index in [1.54, 1.807) is 18.2 Å². The number of nitrogens with two attached hydrogens (primary N) is 1. The number of rotatable bonds is 2. The average Bonchev–Trinajstić information content (AvgIpc) is 2.99. The molecule has 0 unspecified atom stereocenters. The number of anilines is 2. The summed E-state index contributed by atoms with van der Waals surface area (Å²) in [5.41, 5.74) is 8.31. The van der Waals surface area contributed by atoms with E-state index in [0.29, 0.717) is 5.82 Å². The first-order valence-corrected chi connectivity index (χ1v) is 6.10. The zero-order valence-electron chi connectivity index (χ0n) is 9.99. The average molecular weight is 246 g/mol. The van der Waals surface area contributed by atoms with E-state index in [-0.39, 0.29) is 5.82 Å². The van der Waals surface area contributed by atoms with Crippen molar-refractivity contribution in [3.05, 3.63) is 30.1 Å². The van der Waals surface area contributed by atoms with Crippen LogP contribution in [0.1, 0.15) is 12.8 Å². The number of hydrogen-bond donors (Lipinski definition) is 2. The SMILES string of the molecule is Nc1cc(-c2ccc(F)cc2N2CCCC2)[nH]n1. The van der Waals surface area contributed by atoms with Gasteiger partial charge >= 0.3 is 0 Å². The van der Waals surface area contributed by atoms with Crippen molar-refractivity contribution >= 4 is 11.5 Å². The molecule has 5 heteroatoms. The Labute approximate surface area is 105 Å². The van der Waals surface area contributed by atoms with Gasteiger partial charge in [0.2, 0.25) is 0 Å². The maximum absolute atomic E-state index is 13.4. The maximum atomic E-state index is 13.4. The molecule has 1 saturated heterocycles. The first-order chi connectivity index (χ1) is 8.74. The molecule has 94 valence electrons. The van der Waals surface area contributed by atoms with Crippen molar-refractivity contribution in [2.75, 3.05) is 23.7 Å². The van der Waals surface area contributed by atoms with Gasteiger partial charge in [0.05, 0.1) is 5.69 Å². The normalized spacial score (nSPS) is 15.3. The molecular weight excluding hydrogens is 231 g/mol. The van der Waals surface area contributed by atoms with Crippen LogP contribution in [-0.4, -0.2) is 23.3 Å². The third-order valence-corrected chi connectivity index (χ3v) is 3.29. The molecule has 1 fully saturated rings. The Kier molecular flexibility index (Phi) is 2.66. The summed E-state index contributed by atoms with van der Waals surface area (Å²) in [7, 11) is 0. The van der Waals surface area contributed by atoms with Gasteiger partial charge in [-0.15, -0.1) is 0 Å². The Morgan fingerprint density at radius 2 is 2.00 bits per heavy atom. The Hall–Kier alpha value is -2.04. The fourth-order valence-electron chi connectivity index (χ4n) is 2.43. The highest BCUT2D eigenvalue weighted by Crippen LogP contribution is 2.33. The monoisotopic (exact) mass is 246 g/mol. The Bertz CT molecular complexity index is 558. The summed E-state index contributed by atoms with van der Waals surface area (Å²) in [5, 5.41) is 6.80. The molecule has 1 aliphatic heterocycles. The molecule has 0 aliphatic carbocycles. The van der Waals surface area contributed by atoms with Crippen molar-refractivity contribution in [2.45, 2.75) is 12.8 Å². The lowest BCUT2D eigenvalue weighted by Crippen LogP contribution is -2.18. The summed E-state index contributed by atoms with van der Waals surface area (Å²) in [5.74, 6) is 0.231. The van der Waals surface area contributed by atoms with Gasteiger partial charge in [-0.2, -0.15) is 5.10 Å². The van der Waals surface area contributed by atoms with Crippen molar-refractivity contribution in [1.29, 1.82) is 0 Å². The van der Waals surface area contributed by atoms with Crippen LogP contribution in [0.4, 0.5) is 15.9 Å². The van der Waals surface area contributed by atoms with Crippen LogP contribution >= 0.6 is 0 Å². The second kappa shape index (κ2) is 4.33. The molecule has 0 spiro atoms. The third-order valence-electron chi connectivity index (χ3n) is 3.29.